The van der Waals surface area contributed by atoms with Crippen LogP contribution in [0.1, 0.15) is 42.0 Å². The van der Waals surface area contributed by atoms with Crippen LogP contribution in [0.5, 0.6) is 11.5 Å². The van der Waals surface area contributed by atoms with E-state index in [9.17, 15) is 0 Å². The molecule has 168 valence electrons. The maximum absolute atomic E-state index is 6.02. The molecule has 0 aromatic heterocycles. The topological polar surface area (TPSA) is 49.3 Å². The molecule has 0 heterocycles. The number of hydrogen-bond acceptors (Lipinski definition) is 5. The summed E-state index contributed by atoms with van der Waals surface area (Å²) in [7, 11) is 1.55. The average Bonchev–Trinajstić information content (AvgIpc) is 2.76. The Hall–Kier alpha value is -2.79. The fraction of sp³-hybridized carbons (Fsp3) is 0.423. The molecule has 0 atom stereocenters. The van der Waals surface area contributed by atoms with Crippen molar-refractivity contribution in [2.24, 2.45) is 5.16 Å². The number of allylic oxidation sites excluding steroid dienone is 1. The van der Waals surface area contributed by atoms with E-state index in [4.69, 9.17) is 14.2 Å². The number of nitrogens with zero attached hydrogens (tertiary/aromatic N) is 1. The highest BCUT2D eigenvalue weighted by molar-refractivity contribution is 5.60. The molecule has 0 aliphatic heterocycles. The molecular weight excluding hydrogens is 390 g/mol. The van der Waals surface area contributed by atoms with E-state index in [0.29, 0.717) is 19.8 Å². The van der Waals surface area contributed by atoms with E-state index in [1.54, 1.807) is 13.3 Å². The molecule has 2 aromatic carbocycles. The third-order valence-electron chi connectivity index (χ3n) is 4.74. The molecule has 0 saturated carbocycles. The van der Waals surface area contributed by atoms with Gasteiger partial charge in [-0.25, -0.2) is 0 Å². The fourth-order valence-electron chi connectivity index (χ4n) is 3.12. The second-order valence-corrected chi connectivity index (χ2v) is 7.37. The Morgan fingerprint density at radius 3 is 2.26 bits per heavy atom. The summed E-state index contributed by atoms with van der Waals surface area (Å²) in [6.45, 7) is 8.72. The zero-order chi connectivity index (χ0) is 22.3. The van der Waals surface area contributed by atoms with Crippen LogP contribution in [0.2, 0.25) is 0 Å². The van der Waals surface area contributed by atoms with Crippen LogP contribution in [0.25, 0.3) is 0 Å². The lowest BCUT2D eigenvalue weighted by atomic mass is 10.1. The Labute approximate surface area is 186 Å². The number of hydrogen-bond donors (Lipinski definition) is 0. The Bertz CT molecular complexity index is 805. The molecular formula is C26H35NO4. The first-order chi connectivity index (χ1) is 15.1. The third-order valence-corrected chi connectivity index (χ3v) is 4.74. The average molecular weight is 426 g/mol. The normalized spacial score (nSPS) is 11.4. The Morgan fingerprint density at radius 2 is 1.58 bits per heavy atom. The molecule has 0 bridgehead atoms. The lowest BCUT2D eigenvalue weighted by Crippen LogP contribution is -2.04. The van der Waals surface area contributed by atoms with Crippen LogP contribution in [0.3, 0.4) is 0 Å². The van der Waals surface area contributed by atoms with Gasteiger partial charge < -0.3 is 19.0 Å². The highest BCUT2D eigenvalue weighted by Crippen LogP contribution is 2.28. The summed E-state index contributed by atoms with van der Waals surface area (Å²) in [6.07, 6.45) is 8.41. The number of benzene rings is 2. The van der Waals surface area contributed by atoms with Gasteiger partial charge in [0.15, 0.2) is 0 Å². The highest BCUT2D eigenvalue weighted by Gasteiger charge is 2.07. The van der Waals surface area contributed by atoms with Crippen molar-refractivity contribution < 1.29 is 19.0 Å². The molecule has 2 aromatic rings. The van der Waals surface area contributed by atoms with Gasteiger partial charge in [0, 0.05) is 19.2 Å². The van der Waals surface area contributed by atoms with Crippen molar-refractivity contribution in [3.63, 3.8) is 0 Å². The first-order valence-electron chi connectivity index (χ1n) is 10.8. The Kier molecular flexibility index (Phi) is 11.3. The van der Waals surface area contributed by atoms with Gasteiger partial charge in [-0.05, 0) is 68.0 Å². The lowest BCUT2D eigenvalue weighted by Gasteiger charge is -2.14. The SMILES string of the molecule is C/C=C/COc1cc(C)c(OCCCCOCc2ccc(C/C=N/OC)cc2)c(C)c1. The molecule has 2 rings (SSSR count). The summed E-state index contributed by atoms with van der Waals surface area (Å²) < 4.78 is 17.5. The molecule has 0 radical (unpaired) electrons. The molecule has 0 fully saturated rings. The van der Waals surface area contributed by atoms with Crippen molar-refractivity contribution in [3.05, 3.63) is 70.8 Å². The molecule has 0 aliphatic carbocycles. The van der Waals surface area contributed by atoms with Gasteiger partial charge in [-0.15, -0.1) is 0 Å². The maximum Gasteiger partial charge on any atom is 0.125 e. The molecule has 0 spiro atoms. The number of oxime groups is 1. The van der Waals surface area contributed by atoms with Crippen LogP contribution in [0, 0.1) is 13.8 Å². The van der Waals surface area contributed by atoms with E-state index in [1.165, 1.54) is 11.1 Å². The van der Waals surface area contributed by atoms with Crippen molar-refractivity contribution in [3.8, 4) is 11.5 Å². The molecule has 5 heteroatoms. The van der Waals surface area contributed by atoms with Gasteiger partial charge in [-0.1, -0.05) is 41.6 Å². The molecule has 0 N–H and O–H groups in total. The van der Waals surface area contributed by atoms with E-state index < -0.39 is 0 Å². The van der Waals surface area contributed by atoms with Gasteiger partial charge in [0.05, 0.1) is 13.2 Å². The second-order valence-electron chi connectivity index (χ2n) is 7.37. The predicted octanol–water partition coefficient (Wildman–Crippen LogP) is 5.81. The van der Waals surface area contributed by atoms with Crippen molar-refractivity contribution in [2.45, 2.75) is 46.6 Å². The van der Waals surface area contributed by atoms with E-state index in [2.05, 4.69) is 48.1 Å². The first kappa shape index (κ1) is 24.5. The van der Waals surface area contributed by atoms with Crippen molar-refractivity contribution in [1.82, 2.24) is 0 Å². The van der Waals surface area contributed by atoms with Crippen LogP contribution in [-0.4, -0.2) is 33.1 Å². The van der Waals surface area contributed by atoms with Crippen molar-refractivity contribution in [2.75, 3.05) is 26.9 Å². The van der Waals surface area contributed by atoms with Gasteiger partial charge in [-0.3, -0.25) is 0 Å². The molecule has 31 heavy (non-hydrogen) atoms. The van der Waals surface area contributed by atoms with Crippen LogP contribution < -0.4 is 9.47 Å². The minimum atomic E-state index is 0.586. The number of aryl methyl sites for hydroxylation is 2. The standard InChI is InChI=1S/C26H35NO4/c1-5-6-16-30-25-18-21(2)26(22(3)19-25)31-17-8-7-15-29-20-24-11-9-23(10-12-24)13-14-27-28-4/h5-6,9-12,14,18-19H,7-8,13,15-17,20H2,1-4H3/b6-5+,27-14+. The van der Waals surface area contributed by atoms with Gasteiger partial charge in [-0.2, -0.15) is 0 Å². The number of rotatable bonds is 14. The van der Waals surface area contributed by atoms with Crippen LogP contribution in [0.15, 0.2) is 53.7 Å². The van der Waals surface area contributed by atoms with Crippen molar-refractivity contribution >= 4 is 6.21 Å². The van der Waals surface area contributed by atoms with E-state index >= 15 is 0 Å². The largest absolute Gasteiger partial charge is 0.493 e. The maximum atomic E-state index is 6.02. The smallest absolute Gasteiger partial charge is 0.125 e. The Balaban J connectivity index is 1.63. The summed E-state index contributed by atoms with van der Waals surface area (Å²) in [5.74, 6) is 1.83. The summed E-state index contributed by atoms with van der Waals surface area (Å²) in [6, 6.07) is 12.4. The van der Waals surface area contributed by atoms with Crippen molar-refractivity contribution in [1.29, 1.82) is 0 Å². The van der Waals surface area contributed by atoms with E-state index in [1.807, 2.05) is 31.2 Å². The quantitative estimate of drug-likeness (QED) is 0.166. The van der Waals surface area contributed by atoms with Gasteiger partial charge >= 0.3 is 0 Å². The zero-order valence-corrected chi connectivity index (χ0v) is 19.2. The van der Waals surface area contributed by atoms with Gasteiger partial charge in [0.25, 0.3) is 0 Å². The van der Waals surface area contributed by atoms with Gasteiger partial charge in [0.1, 0.15) is 25.2 Å². The third kappa shape index (κ3) is 9.26. The summed E-state index contributed by atoms with van der Waals surface area (Å²) in [5, 5.41) is 3.75. The molecule has 0 saturated heterocycles. The molecule has 5 nitrogen and oxygen atoms in total. The monoisotopic (exact) mass is 425 g/mol. The second kappa shape index (κ2) is 14.3. The fourth-order valence-corrected chi connectivity index (χ4v) is 3.12. The summed E-state index contributed by atoms with van der Waals surface area (Å²) in [4.78, 5) is 4.67. The minimum Gasteiger partial charge on any atom is -0.493 e. The van der Waals surface area contributed by atoms with Crippen LogP contribution in [-0.2, 0) is 22.6 Å². The first-order valence-corrected chi connectivity index (χ1v) is 10.8. The summed E-state index contributed by atoms with van der Waals surface area (Å²) in [5.41, 5.74) is 4.57. The van der Waals surface area contributed by atoms with E-state index in [0.717, 1.165) is 48.5 Å². The number of unbranched alkanes of at least 4 members (excludes halogenated alkanes) is 1. The Morgan fingerprint density at radius 1 is 0.903 bits per heavy atom. The zero-order valence-electron chi connectivity index (χ0n) is 19.2. The molecule has 0 unspecified atom stereocenters. The minimum absolute atomic E-state index is 0.586. The van der Waals surface area contributed by atoms with Crippen LogP contribution in [0.4, 0.5) is 0 Å². The number of ether oxygens (including phenoxy) is 3. The van der Waals surface area contributed by atoms with E-state index in [-0.39, 0.29) is 0 Å². The molecule has 0 aliphatic rings. The molecule has 0 amide bonds. The highest BCUT2D eigenvalue weighted by atomic mass is 16.6. The summed E-state index contributed by atoms with van der Waals surface area (Å²) >= 11 is 0. The van der Waals surface area contributed by atoms with Gasteiger partial charge in [0.2, 0.25) is 0 Å². The predicted molar refractivity (Wildman–Crippen MR) is 126 cm³/mol. The van der Waals surface area contributed by atoms with Crippen LogP contribution >= 0.6 is 0 Å². The lowest BCUT2D eigenvalue weighted by molar-refractivity contribution is 0.113.